The maximum absolute atomic E-state index is 12.2. The summed E-state index contributed by atoms with van der Waals surface area (Å²) in [5.74, 6) is 0.0324. The van der Waals surface area contributed by atoms with Gasteiger partial charge in [0.25, 0.3) is 5.91 Å². The monoisotopic (exact) mass is 307 g/mol. The Balaban J connectivity index is 1.56. The number of anilines is 1. The zero-order chi connectivity index (χ0) is 14.9. The van der Waals surface area contributed by atoms with Crippen LogP contribution in [0.3, 0.4) is 0 Å². The van der Waals surface area contributed by atoms with Crippen molar-refractivity contribution in [3.8, 4) is 0 Å². The summed E-state index contributed by atoms with van der Waals surface area (Å²) < 4.78 is 0. The Hall–Kier alpha value is -2.00. The third-order valence-corrected chi connectivity index (χ3v) is 5.84. The minimum absolute atomic E-state index is 0.0324. The molecule has 0 aromatic heterocycles. The molecule has 3 heteroatoms. The van der Waals surface area contributed by atoms with E-state index in [0.29, 0.717) is 10.5 Å². The summed E-state index contributed by atoms with van der Waals surface area (Å²) in [6.07, 6.45) is 4.46. The number of nitrogens with one attached hydrogen (secondary N) is 1. The Kier molecular flexibility index (Phi) is 3.51. The predicted molar refractivity (Wildman–Crippen MR) is 92.8 cm³/mol. The quantitative estimate of drug-likeness (QED) is 0.818. The highest BCUT2D eigenvalue weighted by molar-refractivity contribution is 8.00. The molecule has 22 heavy (non-hydrogen) atoms. The van der Waals surface area contributed by atoms with Crippen LogP contribution in [-0.4, -0.2) is 11.2 Å². The first kappa shape index (κ1) is 13.6. The molecule has 2 aliphatic rings. The first-order valence-electron chi connectivity index (χ1n) is 7.64. The van der Waals surface area contributed by atoms with E-state index >= 15 is 0 Å². The molecule has 2 unspecified atom stereocenters. The number of thioether (sulfide) groups is 1. The number of carbonyl (C=O) groups is 1. The van der Waals surface area contributed by atoms with Gasteiger partial charge in [-0.25, -0.2) is 0 Å². The molecule has 110 valence electrons. The van der Waals surface area contributed by atoms with Crippen LogP contribution in [0.25, 0.3) is 5.57 Å². The standard InChI is InChI=1S/C19H17NOS/c21-19-16(15-8-4-5-9-17(15)20-19)12-14-10-11-18(22-14)13-6-2-1-3-7-13/h1-9,12,14,18H,10-11H2,(H,20,21)/b16-12-. The van der Waals surface area contributed by atoms with Gasteiger partial charge in [-0.05, 0) is 24.5 Å². The molecule has 0 saturated carbocycles. The lowest BCUT2D eigenvalue weighted by Crippen LogP contribution is -2.05. The predicted octanol–water partition coefficient (Wildman–Crippen LogP) is 4.66. The maximum Gasteiger partial charge on any atom is 0.256 e. The summed E-state index contributed by atoms with van der Waals surface area (Å²) in [5, 5.41) is 3.91. The van der Waals surface area contributed by atoms with Gasteiger partial charge < -0.3 is 5.32 Å². The van der Waals surface area contributed by atoms with Crippen LogP contribution in [-0.2, 0) is 4.79 Å². The summed E-state index contributed by atoms with van der Waals surface area (Å²) in [6.45, 7) is 0. The fourth-order valence-electron chi connectivity index (χ4n) is 3.19. The first-order valence-corrected chi connectivity index (χ1v) is 8.58. The molecule has 0 bridgehead atoms. The van der Waals surface area contributed by atoms with Gasteiger partial charge in [-0.2, -0.15) is 0 Å². The number of para-hydroxylation sites is 1. The van der Waals surface area contributed by atoms with E-state index in [1.807, 2.05) is 36.0 Å². The fraction of sp³-hybridized carbons (Fsp3) is 0.211. The van der Waals surface area contributed by atoms with Gasteiger partial charge in [-0.1, -0.05) is 54.6 Å². The Morgan fingerprint density at radius 1 is 1.00 bits per heavy atom. The zero-order valence-corrected chi connectivity index (χ0v) is 13.0. The highest BCUT2D eigenvalue weighted by Crippen LogP contribution is 2.46. The molecule has 1 N–H and O–H groups in total. The van der Waals surface area contributed by atoms with E-state index in [-0.39, 0.29) is 5.91 Å². The minimum Gasteiger partial charge on any atom is -0.321 e. The molecule has 1 amide bonds. The maximum atomic E-state index is 12.2. The number of rotatable bonds is 2. The van der Waals surface area contributed by atoms with E-state index in [2.05, 4.69) is 41.7 Å². The molecule has 2 heterocycles. The molecule has 4 rings (SSSR count). The first-order chi connectivity index (χ1) is 10.8. The Morgan fingerprint density at radius 3 is 2.64 bits per heavy atom. The summed E-state index contributed by atoms with van der Waals surface area (Å²) in [5.41, 5.74) is 4.20. The van der Waals surface area contributed by atoms with E-state index in [4.69, 9.17) is 0 Å². The molecular formula is C19H17NOS. The lowest BCUT2D eigenvalue weighted by molar-refractivity contribution is -0.110. The van der Waals surface area contributed by atoms with Gasteiger partial charge in [-0.15, -0.1) is 11.8 Å². The molecule has 0 aliphatic carbocycles. The van der Waals surface area contributed by atoms with Gasteiger partial charge >= 0.3 is 0 Å². The molecule has 2 aromatic carbocycles. The smallest absolute Gasteiger partial charge is 0.256 e. The molecule has 1 fully saturated rings. The lowest BCUT2D eigenvalue weighted by atomic mass is 10.0. The normalized spacial score (nSPS) is 25.3. The second-order valence-electron chi connectivity index (χ2n) is 5.73. The third-order valence-electron chi connectivity index (χ3n) is 4.29. The largest absolute Gasteiger partial charge is 0.321 e. The van der Waals surface area contributed by atoms with Crippen molar-refractivity contribution in [2.75, 3.05) is 5.32 Å². The van der Waals surface area contributed by atoms with Crippen molar-refractivity contribution in [3.05, 3.63) is 71.8 Å². The Morgan fingerprint density at radius 2 is 1.77 bits per heavy atom. The van der Waals surface area contributed by atoms with Gasteiger partial charge in [0.1, 0.15) is 0 Å². The highest BCUT2D eigenvalue weighted by atomic mass is 32.2. The van der Waals surface area contributed by atoms with Gasteiger partial charge in [0.05, 0.1) is 0 Å². The number of carbonyl (C=O) groups excluding carboxylic acids is 1. The van der Waals surface area contributed by atoms with Gasteiger partial charge in [-0.3, -0.25) is 4.79 Å². The van der Waals surface area contributed by atoms with Crippen LogP contribution < -0.4 is 5.32 Å². The average Bonchev–Trinajstić information content (AvgIpc) is 3.14. The van der Waals surface area contributed by atoms with E-state index < -0.39 is 0 Å². The molecule has 2 nitrogen and oxygen atoms in total. The number of amides is 1. The average molecular weight is 307 g/mol. The van der Waals surface area contributed by atoms with E-state index in [1.54, 1.807) is 0 Å². The van der Waals surface area contributed by atoms with Crippen LogP contribution in [0.5, 0.6) is 0 Å². The van der Waals surface area contributed by atoms with E-state index in [9.17, 15) is 4.79 Å². The lowest BCUT2D eigenvalue weighted by Gasteiger charge is -2.09. The number of benzene rings is 2. The summed E-state index contributed by atoms with van der Waals surface area (Å²) >= 11 is 1.97. The van der Waals surface area contributed by atoms with E-state index in [1.165, 1.54) is 12.0 Å². The molecule has 0 spiro atoms. The fourth-order valence-corrected chi connectivity index (χ4v) is 4.68. The third kappa shape index (κ3) is 2.46. The van der Waals surface area contributed by atoms with Crippen LogP contribution in [0.15, 0.2) is 60.7 Å². The Labute approximate surface area is 134 Å². The number of hydrogen-bond donors (Lipinski definition) is 1. The van der Waals surface area contributed by atoms with Crippen molar-refractivity contribution in [1.29, 1.82) is 0 Å². The highest BCUT2D eigenvalue weighted by Gasteiger charge is 2.29. The second-order valence-corrected chi connectivity index (χ2v) is 7.18. The van der Waals surface area contributed by atoms with Gasteiger partial charge in [0.15, 0.2) is 0 Å². The van der Waals surface area contributed by atoms with Crippen molar-refractivity contribution in [2.45, 2.75) is 23.3 Å². The Bertz CT molecular complexity index is 738. The van der Waals surface area contributed by atoms with Crippen molar-refractivity contribution in [2.24, 2.45) is 0 Å². The van der Waals surface area contributed by atoms with Crippen molar-refractivity contribution >= 4 is 28.9 Å². The molecule has 2 aromatic rings. The van der Waals surface area contributed by atoms with Crippen LogP contribution >= 0.6 is 11.8 Å². The molecule has 2 aliphatic heterocycles. The van der Waals surface area contributed by atoms with Crippen molar-refractivity contribution in [3.63, 3.8) is 0 Å². The van der Waals surface area contributed by atoms with Crippen LogP contribution in [0, 0.1) is 0 Å². The zero-order valence-electron chi connectivity index (χ0n) is 12.2. The van der Waals surface area contributed by atoms with Crippen molar-refractivity contribution in [1.82, 2.24) is 0 Å². The van der Waals surface area contributed by atoms with Crippen LogP contribution in [0.2, 0.25) is 0 Å². The second kappa shape index (κ2) is 5.65. The topological polar surface area (TPSA) is 29.1 Å². The van der Waals surface area contributed by atoms with Crippen molar-refractivity contribution < 1.29 is 4.79 Å². The van der Waals surface area contributed by atoms with Gasteiger partial charge in [0, 0.05) is 27.3 Å². The molecule has 2 atom stereocenters. The molecular weight excluding hydrogens is 290 g/mol. The van der Waals surface area contributed by atoms with Crippen LogP contribution in [0.4, 0.5) is 5.69 Å². The number of fused-ring (bicyclic) bond motifs is 1. The van der Waals surface area contributed by atoms with E-state index in [0.717, 1.165) is 23.2 Å². The number of hydrogen-bond acceptors (Lipinski definition) is 2. The minimum atomic E-state index is 0.0324. The SMILES string of the molecule is O=C1Nc2ccccc2/C1=C/C1CCC(c2ccccc2)S1. The summed E-state index contributed by atoms with van der Waals surface area (Å²) in [4.78, 5) is 12.2. The summed E-state index contributed by atoms with van der Waals surface area (Å²) in [6, 6.07) is 18.6. The van der Waals surface area contributed by atoms with Gasteiger partial charge in [0.2, 0.25) is 0 Å². The molecule has 0 radical (unpaired) electrons. The van der Waals surface area contributed by atoms with Crippen LogP contribution in [0.1, 0.15) is 29.2 Å². The summed E-state index contributed by atoms with van der Waals surface area (Å²) in [7, 11) is 0. The molecule has 1 saturated heterocycles.